The lowest BCUT2D eigenvalue weighted by atomic mass is 10.1. The van der Waals surface area contributed by atoms with E-state index in [4.69, 9.17) is 11.6 Å². The van der Waals surface area contributed by atoms with Gasteiger partial charge in [-0.15, -0.1) is 0 Å². The van der Waals surface area contributed by atoms with Crippen LogP contribution in [0.25, 0.3) is 10.8 Å². The zero-order valence-electron chi connectivity index (χ0n) is 15.9. The third-order valence-electron chi connectivity index (χ3n) is 4.41. The van der Waals surface area contributed by atoms with E-state index in [-0.39, 0.29) is 34.3 Å². The molecule has 0 aliphatic heterocycles. The van der Waals surface area contributed by atoms with Gasteiger partial charge in [0, 0.05) is 29.6 Å². The summed E-state index contributed by atoms with van der Waals surface area (Å²) in [5, 5.41) is 5.49. The van der Waals surface area contributed by atoms with Crippen LogP contribution in [-0.2, 0) is 13.1 Å². The Balaban J connectivity index is 2.05. The number of carbonyl (C=O) groups excluding carboxylic acids is 1. The average Bonchev–Trinajstić information content (AvgIpc) is 2.66. The van der Waals surface area contributed by atoms with Gasteiger partial charge in [0.05, 0.1) is 11.9 Å². The summed E-state index contributed by atoms with van der Waals surface area (Å²) >= 11 is 6.08. The molecule has 0 atom stereocenters. The molecule has 0 radical (unpaired) electrons. The number of hydrogen-bond donors (Lipinski definition) is 0. The Morgan fingerprint density at radius 2 is 1.86 bits per heavy atom. The number of carbonyl (C=O) groups is 1. The third kappa shape index (κ3) is 3.92. The number of hydrogen-bond acceptors (Lipinski definition) is 3. The van der Waals surface area contributed by atoms with Crippen LogP contribution >= 0.6 is 11.6 Å². The molecule has 0 aliphatic rings. The van der Waals surface area contributed by atoms with Crippen LogP contribution in [0.1, 0.15) is 29.9 Å². The van der Waals surface area contributed by atoms with Gasteiger partial charge in [0.2, 0.25) is 0 Å². The van der Waals surface area contributed by atoms with E-state index in [1.165, 1.54) is 21.7 Å². The predicted molar refractivity (Wildman–Crippen MR) is 108 cm³/mol. The van der Waals surface area contributed by atoms with E-state index in [1.807, 2.05) is 13.8 Å². The Bertz CT molecular complexity index is 1070. The second kappa shape index (κ2) is 8.10. The number of rotatable bonds is 5. The Labute approximate surface area is 167 Å². The molecule has 0 spiro atoms. The molecule has 1 amide bonds. The molecule has 0 N–H and O–H groups in total. The van der Waals surface area contributed by atoms with E-state index in [2.05, 4.69) is 5.10 Å². The van der Waals surface area contributed by atoms with Gasteiger partial charge in [0.15, 0.2) is 5.69 Å². The monoisotopic (exact) mass is 401 g/mol. The lowest BCUT2D eigenvalue weighted by Crippen LogP contribution is -2.32. The van der Waals surface area contributed by atoms with E-state index in [0.717, 1.165) is 0 Å². The summed E-state index contributed by atoms with van der Waals surface area (Å²) in [5.41, 5.74) is 0.159. The Morgan fingerprint density at radius 3 is 2.50 bits per heavy atom. The van der Waals surface area contributed by atoms with Crippen molar-refractivity contribution >= 4 is 28.3 Å². The molecule has 5 nitrogen and oxygen atoms in total. The van der Waals surface area contributed by atoms with Crippen LogP contribution in [0, 0.1) is 11.7 Å². The first-order valence-electron chi connectivity index (χ1n) is 8.97. The highest BCUT2D eigenvalue weighted by Crippen LogP contribution is 2.22. The molecule has 1 heterocycles. The molecule has 28 heavy (non-hydrogen) atoms. The van der Waals surface area contributed by atoms with Gasteiger partial charge in [0.25, 0.3) is 11.5 Å². The van der Waals surface area contributed by atoms with Crippen molar-refractivity contribution in [3.63, 3.8) is 0 Å². The lowest BCUT2D eigenvalue weighted by molar-refractivity contribution is 0.0777. The number of benzene rings is 2. The lowest BCUT2D eigenvalue weighted by Gasteiger charge is -2.20. The van der Waals surface area contributed by atoms with Crippen LogP contribution in [0.3, 0.4) is 0 Å². The summed E-state index contributed by atoms with van der Waals surface area (Å²) in [5.74, 6) is -0.702. The normalized spacial score (nSPS) is 11.2. The van der Waals surface area contributed by atoms with Crippen molar-refractivity contribution < 1.29 is 9.18 Å². The molecular weight excluding hydrogens is 381 g/mol. The Hall–Kier alpha value is -2.73. The second-order valence-electron chi connectivity index (χ2n) is 7.14. The molecule has 0 fully saturated rings. The quantitative estimate of drug-likeness (QED) is 0.646. The van der Waals surface area contributed by atoms with Crippen LogP contribution in [-0.4, -0.2) is 27.6 Å². The van der Waals surface area contributed by atoms with Crippen LogP contribution in [0.15, 0.2) is 47.3 Å². The van der Waals surface area contributed by atoms with Crippen LogP contribution in [0.5, 0.6) is 0 Å². The molecule has 2 aromatic carbocycles. The van der Waals surface area contributed by atoms with Gasteiger partial charge < -0.3 is 4.90 Å². The number of halogens is 2. The summed E-state index contributed by atoms with van der Waals surface area (Å²) in [6.07, 6.45) is 0. The third-order valence-corrected chi connectivity index (χ3v) is 4.77. The van der Waals surface area contributed by atoms with E-state index < -0.39 is 11.7 Å². The summed E-state index contributed by atoms with van der Waals surface area (Å²) in [6.45, 7) is 4.32. The minimum atomic E-state index is -0.477. The van der Waals surface area contributed by atoms with E-state index in [0.29, 0.717) is 17.3 Å². The maximum absolute atomic E-state index is 14.1. The first kappa shape index (κ1) is 20.0. The maximum Gasteiger partial charge on any atom is 0.274 e. The SMILES string of the molecule is CC(C)Cn1nc(C(=O)N(C)Cc2c(F)cccc2Cl)c2ccccc2c1=O. The Morgan fingerprint density at radius 1 is 1.18 bits per heavy atom. The molecule has 7 heteroatoms. The summed E-state index contributed by atoms with van der Waals surface area (Å²) in [7, 11) is 1.56. The molecule has 0 unspecified atom stereocenters. The molecule has 1 aromatic heterocycles. The standard InChI is InChI=1S/C21H21ClFN3O2/c1-13(2)11-26-20(27)15-8-5-4-7-14(15)19(24-26)21(28)25(3)12-16-17(22)9-6-10-18(16)23/h4-10,13H,11-12H2,1-3H3. The Kier molecular flexibility index (Phi) is 5.79. The van der Waals surface area contributed by atoms with Gasteiger partial charge in [-0.3, -0.25) is 9.59 Å². The van der Waals surface area contributed by atoms with Gasteiger partial charge >= 0.3 is 0 Å². The highest BCUT2D eigenvalue weighted by Gasteiger charge is 2.22. The van der Waals surface area contributed by atoms with Gasteiger partial charge in [-0.05, 0) is 24.1 Å². The highest BCUT2D eigenvalue weighted by molar-refractivity contribution is 6.31. The van der Waals surface area contributed by atoms with Gasteiger partial charge in [-0.25, -0.2) is 9.07 Å². The highest BCUT2D eigenvalue weighted by atomic mass is 35.5. The van der Waals surface area contributed by atoms with Crippen molar-refractivity contribution in [2.24, 2.45) is 5.92 Å². The second-order valence-corrected chi connectivity index (χ2v) is 7.54. The van der Waals surface area contributed by atoms with Crippen molar-refractivity contribution in [1.82, 2.24) is 14.7 Å². The number of fused-ring (bicyclic) bond motifs is 1. The molecule has 3 rings (SSSR count). The fourth-order valence-corrected chi connectivity index (χ4v) is 3.26. The van der Waals surface area contributed by atoms with Crippen molar-refractivity contribution in [1.29, 1.82) is 0 Å². The first-order valence-corrected chi connectivity index (χ1v) is 9.35. The summed E-state index contributed by atoms with van der Waals surface area (Å²) in [6, 6.07) is 11.3. The molecule has 0 bridgehead atoms. The largest absolute Gasteiger partial charge is 0.336 e. The van der Waals surface area contributed by atoms with E-state index in [9.17, 15) is 14.0 Å². The first-order chi connectivity index (χ1) is 13.3. The smallest absolute Gasteiger partial charge is 0.274 e. The van der Waals surface area contributed by atoms with Gasteiger partial charge in [-0.2, -0.15) is 5.10 Å². The zero-order chi connectivity index (χ0) is 20.4. The number of amides is 1. The average molecular weight is 402 g/mol. The van der Waals surface area contributed by atoms with Gasteiger partial charge in [0.1, 0.15) is 5.82 Å². The molecule has 3 aromatic rings. The molecule has 0 saturated carbocycles. The minimum Gasteiger partial charge on any atom is -0.336 e. The minimum absolute atomic E-state index is 0.0103. The number of nitrogens with zero attached hydrogens (tertiary/aromatic N) is 3. The molecular formula is C21H21ClFN3O2. The van der Waals surface area contributed by atoms with Crippen molar-refractivity contribution in [3.8, 4) is 0 Å². The fraction of sp³-hybridized carbons (Fsp3) is 0.286. The van der Waals surface area contributed by atoms with Crippen molar-refractivity contribution in [2.45, 2.75) is 26.9 Å². The van der Waals surface area contributed by atoms with Crippen LogP contribution in [0.2, 0.25) is 5.02 Å². The van der Waals surface area contributed by atoms with Gasteiger partial charge in [-0.1, -0.05) is 49.7 Å². The van der Waals surface area contributed by atoms with Crippen molar-refractivity contribution in [3.05, 3.63) is 74.9 Å². The molecule has 146 valence electrons. The molecule has 0 aliphatic carbocycles. The van der Waals surface area contributed by atoms with E-state index >= 15 is 0 Å². The molecule has 0 saturated heterocycles. The topological polar surface area (TPSA) is 55.2 Å². The van der Waals surface area contributed by atoms with Crippen molar-refractivity contribution in [2.75, 3.05) is 7.05 Å². The maximum atomic E-state index is 14.1. The number of aromatic nitrogens is 2. The van der Waals surface area contributed by atoms with Crippen LogP contribution in [0.4, 0.5) is 4.39 Å². The van der Waals surface area contributed by atoms with Crippen LogP contribution < -0.4 is 5.56 Å². The fourth-order valence-electron chi connectivity index (χ4n) is 3.04. The predicted octanol–water partition coefficient (Wildman–Crippen LogP) is 4.12. The zero-order valence-corrected chi connectivity index (χ0v) is 16.7. The summed E-state index contributed by atoms with van der Waals surface area (Å²) in [4.78, 5) is 27.2. The summed E-state index contributed by atoms with van der Waals surface area (Å²) < 4.78 is 15.4. The van der Waals surface area contributed by atoms with E-state index in [1.54, 1.807) is 37.4 Å².